The van der Waals surface area contributed by atoms with Crippen LogP contribution in [-0.2, 0) is 0 Å². The van der Waals surface area contributed by atoms with Crippen LogP contribution in [0.3, 0.4) is 0 Å². The second kappa shape index (κ2) is 4.84. The van der Waals surface area contributed by atoms with Crippen molar-refractivity contribution in [1.82, 2.24) is 0 Å². The number of carbonyl (C=O) groups excluding carboxylic acids is 1. The first kappa shape index (κ1) is 10.7. The summed E-state index contributed by atoms with van der Waals surface area (Å²) >= 11 is 1.88. The van der Waals surface area contributed by atoms with E-state index in [1.165, 1.54) is 23.5 Å². The zero-order chi connectivity index (χ0) is 10.7. The first-order chi connectivity index (χ1) is 7.29. The van der Waals surface area contributed by atoms with Crippen molar-refractivity contribution in [3.05, 3.63) is 29.8 Å². The summed E-state index contributed by atoms with van der Waals surface area (Å²) in [5.41, 5.74) is 0.860. The van der Waals surface area contributed by atoms with Gasteiger partial charge in [-0.05, 0) is 30.9 Å². The molecule has 0 N–H and O–H groups in total. The topological polar surface area (TPSA) is 17.1 Å². The van der Waals surface area contributed by atoms with E-state index >= 15 is 0 Å². The molecule has 0 bridgehead atoms. The van der Waals surface area contributed by atoms with E-state index in [-0.39, 0.29) is 5.78 Å². The molecule has 0 aromatic heterocycles. The Bertz CT molecular complexity index is 355. The Morgan fingerprint density at radius 2 is 2.27 bits per heavy atom. The van der Waals surface area contributed by atoms with Crippen LogP contribution in [0.25, 0.3) is 0 Å². The monoisotopic (exact) mass is 220 g/mol. The van der Waals surface area contributed by atoms with Gasteiger partial charge in [-0.3, -0.25) is 4.79 Å². The summed E-state index contributed by atoms with van der Waals surface area (Å²) in [6, 6.07) is 8.02. The highest BCUT2D eigenvalue weighted by Gasteiger charge is 2.21. The van der Waals surface area contributed by atoms with Crippen molar-refractivity contribution in [2.75, 3.05) is 5.75 Å². The molecular weight excluding hydrogens is 204 g/mol. The molecular formula is C13H16OS. The molecule has 0 radical (unpaired) electrons. The Hall–Kier alpha value is -0.760. The van der Waals surface area contributed by atoms with Gasteiger partial charge < -0.3 is 0 Å². The molecule has 1 aliphatic carbocycles. The summed E-state index contributed by atoms with van der Waals surface area (Å²) < 4.78 is 0. The molecule has 2 heteroatoms. The third kappa shape index (κ3) is 3.10. The molecule has 1 aromatic rings. The predicted octanol–water partition coefficient (Wildman–Crippen LogP) is 3.78. The number of benzene rings is 1. The quantitative estimate of drug-likeness (QED) is 0.555. The molecule has 1 aromatic carbocycles. The minimum Gasteiger partial charge on any atom is -0.294 e. The average Bonchev–Trinajstić information content (AvgIpc) is 3.09. The van der Waals surface area contributed by atoms with Gasteiger partial charge in [-0.15, -0.1) is 11.8 Å². The van der Waals surface area contributed by atoms with E-state index < -0.39 is 0 Å². The predicted molar refractivity (Wildman–Crippen MR) is 64.5 cm³/mol. The maximum Gasteiger partial charge on any atom is 0.162 e. The number of hydrogen-bond acceptors (Lipinski definition) is 2. The van der Waals surface area contributed by atoms with Crippen LogP contribution in [0.1, 0.15) is 36.5 Å². The van der Waals surface area contributed by atoms with Crippen molar-refractivity contribution in [2.24, 2.45) is 5.92 Å². The van der Waals surface area contributed by atoms with Crippen molar-refractivity contribution in [3.63, 3.8) is 0 Å². The second-order valence-corrected chi connectivity index (χ2v) is 5.15. The molecule has 1 aliphatic rings. The lowest BCUT2D eigenvalue weighted by Crippen LogP contribution is -1.96. The van der Waals surface area contributed by atoms with Gasteiger partial charge in [-0.1, -0.05) is 19.1 Å². The molecule has 0 spiro atoms. The Labute approximate surface area is 95.3 Å². The SMILES string of the molecule is CCC(=O)c1cccc(SCC2CC2)c1. The van der Waals surface area contributed by atoms with Crippen molar-refractivity contribution in [2.45, 2.75) is 31.1 Å². The first-order valence-corrected chi connectivity index (χ1v) is 6.54. The van der Waals surface area contributed by atoms with E-state index in [0.717, 1.165) is 11.5 Å². The van der Waals surface area contributed by atoms with E-state index in [1.807, 2.05) is 36.9 Å². The van der Waals surface area contributed by atoms with E-state index in [9.17, 15) is 4.79 Å². The van der Waals surface area contributed by atoms with Crippen molar-refractivity contribution in [1.29, 1.82) is 0 Å². The third-order valence-corrected chi connectivity index (χ3v) is 3.89. The molecule has 1 saturated carbocycles. The summed E-state index contributed by atoms with van der Waals surface area (Å²) in [5, 5.41) is 0. The number of rotatable bonds is 5. The van der Waals surface area contributed by atoms with Gasteiger partial charge in [-0.2, -0.15) is 0 Å². The minimum absolute atomic E-state index is 0.240. The number of ketones is 1. The van der Waals surface area contributed by atoms with Crippen LogP contribution in [0.4, 0.5) is 0 Å². The summed E-state index contributed by atoms with van der Waals surface area (Å²) in [6.45, 7) is 1.91. The minimum atomic E-state index is 0.240. The fourth-order valence-corrected chi connectivity index (χ4v) is 2.61. The summed E-state index contributed by atoms with van der Waals surface area (Å²) in [6.07, 6.45) is 3.37. The van der Waals surface area contributed by atoms with Crippen molar-refractivity contribution in [3.8, 4) is 0 Å². The Kier molecular flexibility index (Phi) is 3.47. The van der Waals surface area contributed by atoms with Crippen molar-refractivity contribution >= 4 is 17.5 Å². The van der Waals surface area contributed by atoms with Crippen LogP contribution in [0.5, 0.6) is 0 Å². The van der Waals surface area contributed by atoms with Gasteiger partial charge in [-0.25, -0.2) is 0 Å². The highest BCUT2D eigenvalue weighted by Crippen LogP contribution is 2.35. The van der Waals surface area contributed by atoms with Gasteiger partial charge >= 0.3 is 0 Å². The van der Waals surface area contributed by atoms with E-state index in [0.29, 0.717) is 6.42 Å². The third-order valence-electron chi connectivity index (χ3n) is 2.66. The van der Waals surface area contributed by atoms with Crippen LogP contribution in [-0.4, -0.2) is 11.5 Å². The van der Waals surface area contributed by atoms with Gasteiger partial charge in [0.1, 0.15) is 0 Å². The Morgan fingerprint density at radius 3 is 2.93 bits per heavy atom. The molecule has 0 amide bonds. The van der Waals surface area contributed by atoms with Gasteiger partial charge in [0.25, 0.3) is 0 Å². The first-order valence-electron chi connectivity index (χ1n) is 5.55. The molecule has 0 unspecified atom stereocenters. The molecule has 15 heavy (non-hydrogen) atoms. The molecule has 0 atom stereocenters. The zero-order valence-corrected chi connectivity index (χ0v) is 9.85. The molecule has 1 fully saturated rings. The Balaban J connectivity index is 2.00. The van der Waals surface area contributed by atoms with Crippen LogP contribution in [0.2, 0.25) is 0 Å². The highest BCUT2D eigenvalue weighted by atomic mass is 32.2. The molecule has 2 rings (SSSR count). The maximum atomic E-state index is 11.5. The van der Waals surface area contributed by atoms with Crippen molar-refractivity contribution < 1.29 is 4.79 Å². The average molecular weight is 220 g/mol. The van der Waals surface area contributed by atoms with Crippen LogP contribution >= 0.6 is 11.8 Å². The lowest BCUT2D eigenvalue weighted by atomic mass is 10.1. The number of Topliss-reactive ketones (excluding diaryl/α,β-unsaturated/α-hetero) is 1. The molecule has 0 aliphatic heterocycles. The molecule has 80 valence electrons. The van der Waals surface area contributed by atoms with Gasteiger partial charge in [0.15, 0.2) is 5.78 Å². The largest absolute Gasteiger partial charge is 0.294 e. The van der Waals surface area contributed by atoms with Crippen LogP contribution < -0.4 is 0 Å². The summed E-state index contributed by atoms with van der Waals surface area (Å²) in [7, 11) is 0. The lowest BCUT2D eigenvalue weighted by Gasteiger charge is -2.02. The summed E-state index contributed by atoms with van der Waals surface area (Å²) in [5.74, 6) is 2.38. The number of thioether (sulfide) groups is 1. The number of carbonyl (C=O) groups is 1. The van der Waals surface area contributed by atoms with E-state index in [2.05, 4.69) is 6.07 Å². The molecule has 0 saturated heterocycles. The summed E-state index contributed by atoms with van der Waals surface area (Å²) in [4.78, 5) is 12.7. The van der Waals surface area contributed by atoms with Gasteiger partial charge in [0.05, 0.1) is 0 Å². The highest BCUT2D eigenvalue weighted by molar-refractivity contribution is 7.99. The number of hydrogen-bond donors (Lipinski definition) is 0. The van der Waals surface area contributed by atoms with Crippen LogP contribution in [0, 0.1) is 5.92 Å². The fourth-order valence-electron chi connectivity index (χ4n) is 1.46. The fraction of sp³-hybridized carbons (Fsp3) is 0.462. The van der Waals surface area contributed by atoms with E-state index in [4.69, 9.17) is 0 Å². The van der Waals surface area contributed by atoms with E-state index in [1.54, 1.807) is 0 Å². The molecule has 0 heterocycles. The van der Waals surface area contributed by atoms with Gasteiger partial charge in [0.2, 0.25) is 0 Å². The standard InChI is InChI=1S/C13H16OS/c1-2-13(14)11-4-3-5-12(8-11)15-9-10-6-7-10/h3-5,8,10H,2,6-7,9H2,1H3. The lowest BCUT2D eigenvalue weighted by molar-refractivity contribution is 0.0988. The maximum absolute atomic E-state index is 11.5. The second-order valence-electron chi connectivity index (χ2n) is 4.06. The van der Waals surface area contributed by atoms with Crippen LogP contribution in [0.15, 0.2) is 29.2 Å². The zero-order valence-electron chi connectivity index (χ0n) is 9.03. The Morgan fingerprint density at radius 1 is 1.47 bits per heavy atom. The molecule has 1 nitrogen and oxygen atoms in total. The smallest absolute Gasteiger partial charge is 0.162 e. The van der Waals surface area contributed by atoms with Gasteiger partial charge in [0, 0.05) is 22.6 Å². The normalized spacial score (nSPS) is 15.3.